The van der Waals surface area contributed by atoms with E-state index in [-0.39, 0.29) is 77.3 Å². The van der Waals surface area contributed by atoms with Gasteiger partial charge in [0, 0.05) is 205 Å². The van der Waals surface area contributed by atoms with Crippen molar-refractivity contribution in [1.82, 2.24) is 39.6 Å². The molecule has 9 aliphatic heterocycles. The van der Waals surface area contributed by atoms with Gasteiger partial charge in [0.25, 0.3) is 0 Å². The van der Waals surface area contributed by atoms with Crippen LogP contribution in [0.2, 0.25) is 0 Å². The summed E-state index contributed by atoms with van der Waals surface area (Å²) in [7, 11) is 9.05. The van der Waals surface area contributed by atoms with Gasteiger partial charge in [-0.25, -0.2) is 18.4 Å². The maximum Gasteiger partial charge on any atom is 0.384 e. The quantitative estimate of drug-likeness (QED) is 0.0956. The highest BCUT2D eigenvalue weighted by atomic mass is 19.1. The topological polar surface area (TPSA) is 225 Å². The van der Waals surface area contributed by atoms with E-state index in [0.29, 0.717) is 69.4 Å². The maximum absolute atomic E-state index is 13.8. The van der Waals surface area contributed by atoms with Crippen LogP contribution in [-0.2, 0) is 47.6 Å². The van der Waals surface area contributed by atoms with Crippen LogP contribution in [0.4, 0.5) is 8.78 Å². The van der Waals surface area contributed by atoms with Crippen molar-refractivity contribution in [3.8, 4) is 107 Å². The van der Waals surface area contributed by atoms with Crippen molar-refractivity contribution in [2.75, 3.05) is 180 Å². The molecule has 23 heteroatoms. The average molecular weight is 1860 g/mol. The molecule has 0 bridgehead atoms. The zero-order valence-corrected chi connectivity index (χ0v) is 91.6. The number of carbonyl (C=O) groups excluding carboxylic acids is 3. The number of likely N-dealkylation sites (tertiary alicyclic amines) is 5. The van der Waals surface area contributed by atoms with Crippen LogP contribution in [0.5, 0.6) is 0 Å². The van der Waals surface area contributed by atoms with Gasteiger partial charge in [0.2, 0.25) is 11.5 Å². The number of carboxylic acid groups (broad SMARTS) is 1. The molecule has 9 rings (SSSR count). The summed E-state index contributed by atoms with van der Waals surface area (Å²) >= 11 is 0. The number of carbonyl (C=O) groups is 4. The van der Waals surface area contributed by atoms with Gasteiger partial charge in [0.05, 0.1) is 25.7 Å². The van der Waals surface area contributed by atoms with Crippen molar-refractivity contribution in [3.63, 3.8) is 0 Å². The van der Waals surface area contributed by atoms with Crippen molar-refractivity contribution >= 4 is 23.8 Å². The number of aliphatic carboxylic acids is 1. The lowest BCUT2D eigenvalue weighted by molar-refractivity contribution is -0.194. The summed E-state index contributed by atoms with van der Waals surface area (Å²) in [5.41, 5.74) is 1.69. The highest BCUT2D eigenvalue weighted by Crippen LogP contribution is 2.41. The minimum Gasteiger partial charge on any atom is -0.472 e. The van der Waals surface area contributed by atoms with E-state index in [1.54, 1.807) is 19.1 Å². The Hall–Kier alpha value is -6.74. The summed E-state index contributed by atoms with van der Waals surface area (Å²) in [4.78, 5) is 58.5. The van der Waals surface area contributed by atoms with Gasteiger partial charge in [0.15, 0.2) is 28.1 Å². The van der Waals surface area contributed by atoms with E-state index in [2.05, 4.69) is 271 Å². The van der Waals surface area contributed by atoms with E-state index in [9.17, 15) is 33.1 Å². The molecule has 9 saturated heterocycles. The molecule has 9 heterocycles. The fourth-order valence-electron chi connectivity index (χ4n) is 12.5. The first-order chi connectivity index (χ1) is 59.8. The number of likely N-dealkylation sites (N-methyl/N-ethyl adjacent to an activating group) is 2. The molecule has 756 valence electrons. The number of halogens is 2. The third-order valence-electron chi connectivity index (χ3n) is 20.7. The molecule has 0 radical (unpaired) electrons. The molecule has 0 unspecified atom stereocenters. The number of hydrogen-bond acceptors (Lipinski definition) is 19. The third-order valence-corrected chi connectivity index (χ3v) is 20.7. The first-order valence-electron chi connectivity index (χ1n) is 47.6. The molecule has 9 aliphatic rings. The number of carboxylic acids is 1. The monoisotopic (exact) mass is 1860 g/mol. The van der Waals surface area contributed by atoms with Crippen LogP contribution in [0, 0.1) is 172 Å². The normalized spacial score (nSPS) is 19.8. The van der Waals surface area contributed by atoms with Crippen LogP contribution in [0.15, 0.2) is 0 Å². The number of rotatable bonds is 9. The summed E-state index contributed by atoms with van der Waals surface area (Å²) in [5.74, 6) is 50.9. The van der Waals surface area contributed by atoms with E-state index in [0.717, 1.165) is 72.1 Å². The Kier molecular flexibility index (Phi) is 49.7. The van der Waals surface area contributed by atoms with Crippen LogP contribution in [0.1, 0.15) is 276 Å². The number of nitrogens with zero attached hydrogens (tertiary/aromatic N) is 7. The van der Waals surface area contributed by atoms with Gasteiger partial charge in [-0.3, -0.25) is 29.2 Å². The lowest BCUT2D eigenvalue weighted by Crippen LogP contribution is -2.62. The molecule has 0 aliphatic carbocycles. The number of alkyl halides is 2. The second kappa shape index (κ2) is 52.3. The van der Waals surface area contributed by atoms with E-state index < -0.39 is 46.5 Å². The van der Waals surface area contributed by atoms with Crippen LogP contribution >= 0.6 is 0 Å². The summed E-state index contributed by atoms with van der Waals surface area (Å²) in [6.07, 6.45) is 2.57. The fourth-order valence-corrected chi connectivity index (χ4v) is 12.5. The minimum atomic E-state index is -1.25. The molecule has 0 saturated carbocycles. The largest absolute Gasteiger partial charge is 0.472 e. The summed E-state index contributed by atoms with van der Waals surface area (Å²) in [5, 5.41) is 21.1. The number of amides is 1. The molecule has 1 amide bonds. The number of nitrogens with two attached hydrogens (primary N) is 1. The summed E-state index contributed by atoms with van der Waals surface area (Å²) < 4.78 is 58.6. The lowest BCUT2D eigenvalue weighted by atomic mass is 9.72. The molecule has 133 heavy (non-hydrogen) atoms. The van der Waals surface area contributed by atoms with Crippen molar-refractivity contribution in [1.29, 1.82) is 0 Å². The molecule has 1 atom stereocenters. The molecular weight excluding hydrogens is 1680 g/mol. The molecule has 9 fully saturated rings. The molecule has 0 aromatic heterocycles. The van der Waals surface area contributed by atoms with Crippen LogP contribution in [0.3, 0.4) is 0 Å². The Morgan fingerprint density at radius 3 is 1.17 bits per heavy atom. The Balaban J connectivity index is 0.00000146. The van der Waals surface area contributed by atoms with Crippen molar-refractivity contribution in [2.24, 2.45) is 71.2 Å². The number of piperazine rings is 1. The van der Waals surface area contributed by atoms with E-state index >= 15 is 0 Å². The van der Waals surface area contributed by atoms with Crippen molar-refractivity contribution in [3.05, 3.63) is 0 Å². The standard InChI is InChI=1S/C14H26N2.C14H23NO3.C12H20FN.C12H23NO.C11H18FN.C11H17NO2.C11H19NO.C10H17NO.C8H12O2.C7H10O2/c1-13(2,3)7-8-14(4,5)16-11-9-15(6)10-12-16;1-10(2)11(15)12(16)18-14(8-17-9-14)7-6-13(3,4)5;1-10(2)14-8-12(13,9-14)7-6-11(3,4)5;1-11(2,3)8-13-9-12(10-13)4-6-14-7-5-12;1-5-13-8-11(12,9-13)7-6-10(2,3)4;1-9(13)12-7-11(14,8-12)6-5-10(2,3)4;1-10(2,3)6-7-11(13-5)8-12(4)9-11;1-9(2,3)5-6-10(12-4)7-11-8-10;1-8(2,3)6-5-7(9)10-4;1-7(2,3)5-4-6(8)9/h9-12H2,1-6H3;10-11H,8-9,15H2,1-5H3;10H,8-9H2,1-5H3;4-10H2,1-3H3;5,8-9H2,1-4H3;14H,7-8H2,1-4H3;8-9H2,1-5H3;11H,7-8H2,1-4H3;1-4H3;1-3H3,(H,8,9)/t;11-;;;;;;;;/m.0......../s1. The fraction of sp³-hybridized carbons (Fsp3) is 0.800. The van der Waals surface area contributed by atoms with Gasteiger partial charge < -0.3 is 64.4 Å². The number of methoxy groups -OCH3 is 3. The van der Waals surface area contributed by atoms with E-state index in [4.69, 9.17) is 34.5 Å². The lowest BCUT2D eigenvalue weighted by Gasteiger charge is -2.53. The highest BCUT2D eigenvalue weighted by Gasteiger charge is 2.48. The van der Waals surface area contributed by atoms with Gasteiger partial charge in [-0.1, -0.05) is 130 Å². The van der Waals surface area contributed by atoms with Gasteiger partial charge in [-0.15, -0.1) is 0 Å². The zero-order chi connectivity index (χ0) is 104. The van der Waals surface area contributed by atoms with Crippen LogP contribution in [-0.4, -0.2) is 299 Å². The molecule has 1 spiro atoms. The number of esters is 2. The SMILES string of the molecule is CC(=O)N1CC(O)(C#CC(C)(C)C)C1.CC(C)(C)C#CC(=O)O.CC(C)(C)CN1CC2(CCOCC2)C1.CC(C)N1CC(F)(C#CC(C)(C)C)C1.CC(C)[C@H](N)C(=O)OC1(C#CC(C)(C)C)COC1.CCN1CC(F)(C#CC(C)(C)C)C1.CN1CCN(C(C)(C)C#CC(C)(C)C)CC1.COC(=O)C#CC(C)(C)C.COC1(C#CC(C)(C)C)CN(C)C1.COC1(C#CC(C)(C)C)CNC1. The van der Waals surface area contributed by atoms with Crippen LogP contribution in [0.25, 0.3) is 0 Å². The summed E-state index contributed by atoms with van der Waals surface area (Å²) in [6.45, 7) is 95.6. The molecule has 0 aromatic rings. The predicted molar refractivity (Wildman–Crippen MR) is 542 cm³/mol. The third kappa shape index (κ3) is 57.3. The van der Waals surface area contributed by atoms with Crippen molar-refractivity contribution < 1.29 is 66.6 Å². The Morgan fingerprint density at radius 2 is 0.850 bits per heavy atom. The average Bonchev–Trinajstić information content (AvgIpc) is 0.775. The molecule has 0 aromatic carbocycles. The Labute approximate surface area is 810 Å². The number of hydrogen-bond donors (Lipinski definition) is 4. The molecular formula is C110H185F2N9O12. The molecule has 21 nitrogen and oxygen atoms in total. The molecule has 5 N–H and O–H groups in total. The van der Waals surface area contributed by atoms with E-state index in [1.807, 2.05) is 145 Å². The number of aliphatic hydroxyl groups is 1. The van der Waals surface area contributed by atoms with Gasteiger partial charge >= 0.3 is 17.9 Å². The van der Waals surface area contributed by atoms with Gasteiger partial charge in [-0.2, -0.15) is 0 Å². The minimum absolute atomic E-state index is 0.00719. The second-order valence-electron chi connectivity index (χ2n) is 49.0. The highest BCUT2D eigenvalue weighted by molar-refractivity contribution is 5.88. The predicted octanol–water partition coefficient (Wildman–Crippen LogP) is 15.4. The zero-order valence-electron chi connectivity index (χ0n) is 91.6. The summed E-state index contributed by atoms with van der Waals surface area (Å²) in [6, 6.07) is -0.186. The number of β-amino-alcohol motifs (C(OH)–C–C–N with tert-alkyl or cyclic N) is 1. The second-order valence-corrected chi connectivity index (χ2v) is 49.0. The number of nitrogens with one attached hydrogen (secondary N) is 1. The van der Waals surface area contributed by atoms with Crippen molar-refractivity contribution in [2.45, 2.75) is 327 Å². The van der Waals surface area contributed by atoms with Gasteiger partial charge in [0.1, 0.15) is 19.3 Å². The maximum atomic E-state index is 13.8. The van der Waals surface area contributed by atoms with Crippen LogP contribution < -0.4 is 11.1 Å². The first kappa shape index (κ1) is 126. The number of ether oxygens (including phenoxy) is 6. The first-order valence-corrected chi connectivity index (χ1v) is 47.6. The Morgan fingerprint density at radius 1 is 0.466 bits per heavy atom. The van der Waals surface area contributed by atoms with E-state index in [1.165, 1.54) is 46.5 Å². The Bertz CT molecular complexity index is 4240. The smallest absolute Gasteiger partial charge is 0.384 e. The van der Waals surface area contributed by atoms with Gasteiger partial charge in [-0.05, 0) is 265 Å².